The van der Waals surface area contributed by atoms with Crippen LogP contribution in [0.3, 0.4) is 0 Å². The second-order valence-electron chi connectivity index (χ2n) is 14.8. The minimum Gasteiger partial charge on any atom is -0.228 e. The highest BCUT2D eigenvalue weighted by atomic mass is 32.2. The van der Waals surface area contributed by atoms with Gasteiger partial charge in [-0.2, -0.15) is 5.26 Å². The van der Waals surface area contributed by atoms with Gasteiger partial charge in [-0.3, -0.25) is 0 Å². The Morgan fingerprint density at radius 3 is 1.60 bits per heavy atom. The van der Waals surface area contributed by atoms with Gasteiger partial charge in [0.15, 0.2) is 5.82 Å². The molecule has 2 aliphatic rings. The van der Waals surface area contributed by atoms with Crippen molar-refractivity contribution in [2.24, 2.45) is 0 Å². The van der Waals surface area contributed by atoms with Crippen LogP contribution in [0.15, 0.2) is 210 Å². The number of benzene rings is 8. The first-order chi connectivity index (χ1) is 28.7. The van der Waals surface area contributed by atoms with Gasteiger partial charge in [-0.1, -0.05) is 188 Å². The standard InChI is InChI=1S/C54H33N3S/c55-34-35-25-27-36(28-26-35)37-29-31-38(32-30-37)41-18-11-23-47-52(41)58-50-24-10-9-21-45(50)54(47)44-20-8-7-17-42(44)51-43(19-12-22-46(51)54)53-56-48(39-13-3-1-4-14-39)33-49(57-53)40-15-5-2-6-16-40/h1-33H. The van der Waals surface area contributed by atoms with Crippen LogP contribution in [0.5, 0.6) is 0 Å². The Morgan fingerprint density at radius 1 is 0.414 bits per heavy atom. The molecule has 1 spiro atoms. The van der Waals surface area contributed by atoms with Crippen LogP contribution in [-0.4, -0.2) is 9.97 Å². The van der Waals surface area contributed by atoms with Crippen LogP contribution < -0.4 is 0 Å². The van der Waals surface area contributed by atoms with Crippen LogP contribution in [0.1, 0.15) is 27.8 Å². The first-order valence-corrected chi connectivity index (χ1v) is 20.3. The Hall–Kier alpha value is -7.32. The number of nitrogens with zero attached hydrogens (tertiary/aromatic N) is 3. The number of hydrogen-bond acceptors (Lipinski definition) is 4. The molecule has 0 bridgehead atoms. The molecule has 1 aromatic heterocycles. The van der Waals surface area contributed by atoms with E-state index in [0.717, 1.165) is 44.8 Å². The highest BCUT2D eigenvalue weighted by Crippen LogP contribution is 2.64. The molecule has 0 saturated heterocycles. The largest absolute Gasteiger partial charge is 0.228 e. The zero-order valence-electron chi connectivity index (χ0n) is 31.3. The minimum absolute atomic E-state index is 0.573. The molecule has 2 heterocycles. The van der Waals surface area contributed by atoms with Crippen molar-refractivity contribution in [2.75, 3.05) is 0 Å². The zero-order chi connectivity index (χ0) is 38.6. The monoisotopic (exact) mass is 755 g/mol. The summed E-state index contributed by atoms with van der Waals surface area (Å²) < 4.78 is 0. The molecule has 0 amide bonds. The van der Waals surface area contributed by atoms with Gasteiger partial charge in [-0.15, -0.1) is 0 Å². The predicted molar refractivity (Wildman–Crippen MR) is 235 cm³/mol. The molecule has 1 atom stereocenters. The third-order valence-corrected chi connectivity index (χ3v) is 12.9. The van der Waals surface area contributed by atoms with E-state index >= 15 is 0 Å². The maximum absolute atomic E-state index is 9.31. The van der Waals surface area contributed by atoms with Crippen molar-refractivity contribution in [3.05, 3.63) is 228 Å². The molecule has 4 heteroatoms. The summed E-state index contributed by atoms with van der Waals surface area (Å²) in [7, 11) is 0. The summed E-state index contributed by atoms with van der Waals surface area (Å²) in [5, 5.41) is 9.31. The van der Waals surface area contributed by atoms with E-state index < -0.39 is 5.41 Å². The van der Waals surface area contributed by atoms with Crippen molar-refractivity contribution in [3.8, 4) is 73.4 Å². The van der Waals surface area contributed by atoms with Crippen molar-refractivity contribution in [1.82, 2.24) is 9.97 Å². The molecule has 1 aliphatic carbocycles. The maximum atomic E-state index is 9.31. The smallest absolute Gasteiger partial charge is 0.161 e. The lowest BCUT2D eigenvalue weighted by molar-refractivity contribution is 0.723. The molecular weight excluding hydrogens is 723 g/mol. The summed E-state index contributed by atoms with van der Waals surface area (Å²) in [5.74, 6) is 0.707. The summed E-state index contributed by atoms with van der Waals surface area (Å²) in [6.07, 6.45) is 0. The Kier molecular flexibility index (Phi) is 8.03. The van der Waals surface area contributed by atoms with Gasteiger partial charge in [0.05, 0.1) is 28.4 Å². The molecule has 9 aromatic rings. The minimum atomic E-state index is -0.573. The first kappa shape index (κ1) is 34.0. The van der Waals surface area contributed by atoms with Crippen LogP contribution in [0.4, 0.5) is 0 Å². The fraction of sp³-hybridized carbons (Fsp3) is 0.0185. The van der Waals surface area contributed by atoms with Crippen LogP contribution >= 0.6 is 11.8 Å². The van der Waals surface area contributed by atoms with E-state index in [4.69, 9.17) is 9.97 Å². The molecular formula is C54H33N3S. The summed E-state index contributed by atoms with van der Waals surface area (Å²) in [4.78, 5) is 13.2. The fourth-order valence-corrected chi connectivity index (χ4v) is 10.4. The van der Waals surface area contributed by atoms with E-state index in [-0.39, 0.29) is 0 Å². The number of rotatable bonds is 5. The van der Waals surface area contributed by atoms with Gasteiger partial charge in [0, 0.05) is 26.5 Å². The van der Waals surface area contributed by atoms with Crippen molar-refractivity contribution in [3.63, 3.8) is 0 Å². The molecule has 0 N–H and O–H groups in total. The average Bonchev–Trinajstić information content (AvgIpc) is 3.60. The Morgan fingerprint density at radius 2 is 0.931 bits per heavy atom. The lowest BCUT2D eigenvalue weighted by atomic mass is 9.67. The quantitative estimate of drug-likeness (QED) is 0.175. The van der Waals surface area contributed by atoms with Gasteiger partial charge >= 0.3 is 0 Å². The van der Waals surface area contributed by atoms with Crippen molar-refractivity contribution in [2.45, 2.75) is 15.2 Å². The number of hydrogen-bond donors (Lipinski definition) is 0. The molecule has 11 rings (SSSR count). The first-order valence-electron chi connectivity index (χ1n) is 19.5. The van der Waals surface area contributed by atoms with Gasteiger partial charge < -0.3 is 0 Å². The molecule has 0 radical (unpaired) electrons. The predicted octanol–water partition coefficient (Wildman–Crippen LogP) is 13.5. The average molecular weight is 756 g/mol. The van der Waals surface area contributed by atoms with Crippen molar-refractivity contribution < 1.29 is 0 Å². The third kappa shape index (κ3) is 5.29. The highest BCUT2D eigenvalue weighted by molar-refractivity contribution is 7.99. The van der Waals surface area contributed by atoms with Gasteiger partial charge in [-0.25, -0.2) is 9.97 Å². The van der Waals surface area contributed by atoms with E-state index in [1.807, 2.05) is 48.2 Å². The van der Waals surface area contributed by atoms with E-state index in [0.29, 0.717) is 11.4 Å². The van der Waals surface area contributed by atoms with Crippen LogP contribution in [-0.2, 0) is 5.41 Å². The van der Waals surface area contributed by atoms with Gasteiger partial charge in [-0.05, 0) is 79.9 Å². The van der Waals surface area contributed by atoms with Crippen LogP contribution in [0.25, 0.3) is 67.3 Å². The summed E-state index contributed by atoms with van der Waals surface area (Å²) in [6, 6.07) is 73.2. The number of fused-ring (bicyclic) bond motifs is 9. The zero-order valence-corrected chi connectivity index (χ0v) is 32.1. The van der Waals surface area contributed by atoms with Gasteiger partial charge in [0.2, 0.25) is 0 Å². The van der Waals surface area contributed by atoms with E-state index in [1.54, 1.807) is 0 Å². The second kappa shape index (κ2) is 13.7. The Bertz CT molecular complexity index is 3020. The topological polar surface area (TPSA) is 49.6 Å². The number of aromatic nitrogens is 2. The molecule has 270 valence electrons. The Balaban J connectivity index is 1.14. The van der Waals surface area contributed by atoms with Crippen LogP contribution in [0, 0.1) is 11.3 Å². The molecule has 1 aliphatic heterocycles. The summed E-state index contributed by atoms with van der Waals surface area (Å²) in [5.41, 5.74) is 17.0. The van der Waals surface area contributed by atoms with Gasteiger partial charge in [0.1, 0.15) is 0 Å². The van der Waals surface area contributed by atoms with E-state index in [2.05, 4.69) is 170 Å². The SMILES string of the molecule is N#Cc1ccc(-c2ccc(-c3cccc4c3Sc3ccccc3C43c4ccccc4-c4c(-c5nc(-c6ccccc6)cc(-c6ccccc6)n5)cccc43)cc2)cc1. The van der Waals surface area contributed by atoms with E-state index in [1.165, 1.54) is 48.7 Å². The molecule has 8 aromatic carbocycles. The van der Waals surface area contributed by atoms with Crippen molar-refractivity contribution >= 4 is 11.8 Å². The molecule has 3 nitrogen and oxygen atoms in total. The van der Waals surface area contributed by atoms with Crippen molar-refractivity contribution in [1.29, 1.82) is 5.26 Å². The summed E-state index contributed by atoms with van der Waals surface area (Å²) >= 11 is 1.86. The van der Waals surface area contributed by atoms with E-state index in [9.17, 15) is 5.26 Å². The van der Waals surface area contributed by atoms with Gasteiger partial charge in [0.25, 0.3) is 0 Å². The molecule has 0 saturated carbocycles. The maximum Gasteiger partial charge on any atom is 0.161 e. The van der Waals surface area contributed by atoms with Crippen LogP contribution in [0.2, 0.25) is 0 Å². The molecule has 0 fully saturated rings. The lowest BCUT2D eigenvalue weighted by Crippen LogP contribution is -2.32. The highest BCUT2D eigenvalue weighted by Gasteiger charge is 2.51. The lowest BCUT2D eigenvalue weighted by Gasteiger charge is -2.40. The molecule has 1 unspecified atom stereocenters. The molecule has 58 heavy (non-hydrogen) atoms. The third-order valence-electron chi connectivity index (χ3n) is 11.6. The fourth-order valence-electron chi connectivity index (χ4n) is 9.05. The Labute approximate surface area is 342 Å². The summed E-state index contributed by atoms with van der Waals surface area (Å²) in [6.45, 7) is 0. The normalized spacial score (nSPS) is 14.5. The number of nitriles is 1. The second-order valence-corrected chi connectivity index (χ2v) is 15.8.